The van der Waals surface area contributed by atoms with Crippen molar-refractivity contribution >= 4 is 28.1 Å². The lowest BCUT2D eigenvalue weighted by Gasteiger charge is -2.31. The number of halogens is 1. The minimum absolute atomic E-state index is 0.0148. The van der Waals surface area contributed by atoms with Crippen LogP contribution in [0.25, 0.3) is 0 Å². The first kappa shape index (κ1) is 13.7. The van der Waals surface area contributed by atoms with Gasteiger partial charge in [-0.15, -0.1) is 0 Å². The van der Waals surface area contributed by atoms with Gasteiger partial charge in [0.05, 0.1) is 11.1 Å². The predicted octanol–water partition coefficient (Wildman–Crippen LogP) is 3.17. The van der Waals surface area contributed by atoms with Gasteiger partial charge in [0.25, 0.3) is 0 Å². The fraction of sp³-hybridized carbons (Fsp3) is 0.692. The van der Waals surface area contributed by atoms with E-state index >= 15 is 0 Å². The molecule has 1 N–H and O–H groups in total. The Balaban J connectivity index is 1.89. The Labute approximate surface area is 126 Å². The summed E-state index contributed by atoms with van der Waals surface area (Å²) >= 11 is 8.91. The van der Waals surface area contributed by atoms with E-state index < -0.39 is 0 Å². The molecule has 4 nitrogen and oxygen atoms in total. The first-order valence-corrected chi connectivity index (χ1v) is 8.02. The first-order valence-electron chi connectivity index (χ1n) is 6.82. The fourth-order valence-electron chi connectivity index (χ4n) is 2.46. The number of aromatic amines is 1. The highest BCUT2D eigenvalue weighted by atomic mass is 79.9. The van der Waals surface area contributed by atoms with Crippen molar-refractivity contribution in [1.29, 1.82) is 0 Å². The quantitative estimate of drug-likeness (QED) is 0.856. The highest BCUT2D eigenvalue weighted by molar-refractivity contribution is 9.10. The summed E-state index contributed by atoms with van der Waals surface area (Å²) in [5.74, 6) is 1.50. The van der Waals surface area contributed by atoms with Crippen LogP contribution >= 0.6 is 28.1 Å². The van der Waals surface area contributed by atoms with Crippen LogP contribution in [-0.2, 0) is 4.74 Å². The van der Waals surface area contributed by atoms with Gasteiger partial charge in [-0.1, -0.05) is 19.1 Å². The zero-order valence-electron chi connectivity index (χ0n) is 11.0. The molecule has 104 valence electrons. The van der Waals surface area contributed by atoms with Gasteiger partial charge in [0.1, 0.15) is 16.6 Å². The number of rotatable bonds is 3. The summed E-state index contributed by atoms with van der Waals surface area (Å²) in [6, 6.07) is 0. The van der Waals surface area contributed by atoms with E-state index in [0.29, 0.717) is 10.6 Å². The average molecular weight is 344 g/mol. The first-order chi connectivity index (χ1) is 9.19. The second kappa shape index (κ2) is 5.60. The molecule has 1 unspecified atom stereocenters. The van der Waals surface area contributed by atoms with Crippen molar-refractivity contribution in [3.8, 4) is 0 Å². The Morgan fingerprint density at radius 1 is 1.53 bits per heavy atom. The zero-order valence-corrected chi connectivity index (χ0v) is 13.4. The van der Waals surface area contributed by atoms with E-state index in [4.69, 9.17) is 17.0 Å². The second-order valence-electron chi connectivity index (χ2n) is 5.18. The molecule has 1 atom stereocenters. The topological polar surface area (TPSA) is 41.1 Å². The number of likely N-dealkylation sites (N-methyl/N-ethyl adjacent to an activating group) is 1. The summed E-state index contributed by atoms with van der Waals surface area (Å²) in [6.45, 7) is 5.87. The number of hydrogen-bond donors (Lipinski definition) is 1. The van der Waals surface area contributed by atoms with E-state index in [0.717, 1.165) is 36.5 Å². The number of nitrogens with zero attached hydrogens (tertiary/aromatic N) is 2. The minimum Gasteiger partial charge on any atom is -0.368 e. The summed E-state index contributed by atoms with van der Waals surface area (Å²) < 4.78 is 7.45. The molecule has 0 radical (unpaired) electrons. The summed E-state index contributed by atoms with van der Waals surface area (Å²) in [7, 11) is 0. The van der Waals surface area contributed by atoms with Crippen LogP contribution in [0.3, 0.4) is 0 Å². The summed E-state index contributed by atoms with van der Waals surface area (Å²) in [6.07, 6.45) is 2.49. The Kier molecular flexibility index (Phi) is 4.03. The standard InChI is InChI=1S/C13H18BrN3OS/c1-2-17-5-6-18-9(7-17)12-15-11(8-3-4-8)10(14)13(19)16-12/h8-9H,2-7H2,1H3,(H,15,16,19). The van der Waals surface area contributed by atoms with Crippen molar-refractivity contribution in [2.45, 2.75) is 31.8 Å². The normalized spacial score (nSPS) is 24.6. The maximum Gasteiger partial charge on any atom is 0.144 e. The third-order valence-electron chi connectivity index (χ3n) is 3.80. The van der Waals surface area contributed by atoms with Gasteiger partial charge in [0.2, 0.25) is 0 Å². The lowest BCUT2D eigenvalue weighted by atomic mass is 10.2. The number of H-pyrrole nitrogens is 1. The summed E-state index contributed by atoms with van der Waals surface area (Å²) in [5.41, 5.74) is 1.20. The van der Waals surface area contributed by atoms with Gasteiger partial charge in [-0.2, -0.15) is 0 Å². The number of morpholine rings is 1. The van der Waals surface area contributed by atoms with Crippen LogP contribution in [0.2, 0.25) is 0 Å². The van der Waals surface area contributed by atoms with Gasteiger partial charge in [-0.3, -0.25) is 4.90 Å². The van der Waals surface area contributed by atoms with Crippen LogP contribution in [0, 0.1) is 4.64 Å². The third kappa shape index (κ3) is 2.91. The maximum absolute atomic E-state index is 5.85. The van der Waals surface area contributed by atoms with E-state index in [9.17, 15) is 0 Å². The molecule has 0 spiro atoms. The number of hydrogen-bond acceptors (Lipinski definition) is 4. The van der Waals surface area contributed by atoms with Crippen molar-refractivity contribution < 1.29 is 4.74 Å². The van der Waals surface area contributed by atoms with Crippen molar-refractivity contribution in [2.24, 2.45) is 0 Å². The Morgan fingerprint density at radius 2 is 2.32 bits per heavy atom. The molecule has 1 saturated heterocycles. The predicted molar refractivity (Wildman–Crippen MR) is 79.9 cm³/mol. The van der Waals surface area contributed by atoms with Gasteiger partial charge >= 0.3 is 0 Å². The van der Waals surface area contributed by atoms with Crippen molar-refractivity contribution in [3.05, 3.63) is 20.6 Å². The largest absolute Gasteiger partial charge is 0.368 e. The van der Waals surface area contributed by atoms with Crippen LogP contribution in [-0.4, -0.2) is 41.1 Å². The molecule has 6 heteroatoms. The van der Waals surface area contributed by atoms with Crippen LogP contribution < -0.4 is 0 Å². The fourth-order valence-corrected chi connectivity index (χ4v) is 3.18. The molecule has 1 aromatic rings. The summed E-state index contributed by atoms with van der Waals surface area (Å²) in [4.78, 5) is 10.3. The lowest BCUT2D eigenvalue weighted by Crippen LogP contribution is -2.38. The minimum atomic E-state index is 0.0148. The molecule has 1 aromatic heterocycles. The van der Waals surface area contributed by atoms with Crippen molar-refractivity contribution in [3.63, 3.8) is 0 Å². The average Bonchev–Trinajstić information content (AvgIpc) is 3.26. The molecule has 1 saturated carbocycles. The Morgan fingerprint density at radius 3 is 3.00 bits per heavy atom. The van der Waals surface area contributed by atoms with Gasteiger partial charge in [0, 0.05) is 24.7 Å². The number of nitrogens with one attached hydrogen (secondary N) is 1. The molecule has 1 aliphatic heterocycles. The Hall–Kier alpha value is -0.300. The second-order valence-corrected chi connectivity index (χ2v) is 6.36. The summed E-state index contributed by atoms with van der Waals surface area (Å²) in [5, 5.41) is 0. The van der Waals surface area contributed by atoms with Gasteiger partial charge in [0.15, 0.2) is 0 Å². The SMILES string of the molecule is CCN1CCOC(c2nc(=S)c(Br)c(C3CC3)[nH]2)C1. The molecule has 19 heavy (non-hydrogen) atoms. The van der Waals surface area contributed by atoms with Crippen LogP contribution in [0.4, 0.5) is 0 Å². The third-order valence-corrected chi connectivity index (χ3v) is 5.16. The zero-order chi connectivity index (χ0) is 13.4. The van der Waals surface area contributed by atoms with Gasteiger partial charge in [-0.05, 0) is 35.3 Å². The molecule has 0 bridgehead atoms. The smallest absolute Gasteiger partial charge is 0.144 e. The highest BCUT2D eigenvalue weighted by Gasteiger charge is 2.30. The highest BCUT2D eigenvalue weighted by Crippen LogP contribution is 2.42. The van der Waals surface area contributed by atoms with E-state index in [2.05, 4.69) is 37.7 Å². The van der Waals surface area contributed by atoms with Crippen LogP contribution in [0.1, 0.15) is 43.3 Å². The van der Waals surface area contributed by atoms with Gasteiger partial charge in [-0.25, -0.2) is 4.98 Å². The molecule has 2 heterocycles. The van der Waals surface area contributed by atoms with Crippen LogP contribution in [0.15, 0.2) is 4.47 Å². The maximum atomic E-state index is 5.85. The van der Waals surface area contributed by atoms with Crippen molar-refractivity contribution in [2.75, 3.05) is 26.2 Å². The van der Waals surface area contributed by atoms with E-state index in [1.807, 2.05) is 0 Å². The van der Waals surface area contributed by atoms with Crippen molar-refractivity contribution in [1.82, 2.24) is 14.9 Å². The monoisotopic (exact) mass is 343 g/mol. The van der Waals surface area contributed by atoms with Gasteiger partial charge < -0.3 is 9.72 Å². The molecule has 0 aromatic carbocycles. The Bertz CT molecular complexity index is 529. The van der Waals surface area contributed by atoms with E-state index in [1.165, 1.54) is 18.5 Å². The lowest BCUT2D eigenvalue weighted by molar-refractivity contribution is -0.0327. The number of ether oxygens (including phenoxy) is 1. The van der Waals surface area contributed by atoms with Crippen LogP contribution in [0.5, 0.6) is 0 Å². The molecule has 1 aliphatic carbocycles. The molecule has 2 fully saturated rings. The molecule has 3 rings (SSSR count). The molecular weight excluding hydrogens is 326 g/mol. The van der Waals surface area contributed by atoms with E-state index in [1.54, 1.807) is 0 Å². The number of aromatic nitrogens is 2. The van der Waals surface area contributed by atoms with E-state index in [-0.39, 0.29) is 6.10 Å². The molecule has 2 aliphatic rings. The molecule has 0 amide bonds. The molecular formula is C13H18BrN3OS.